The lowest BCUT2D eigenvalue weighted by Gasteiger charge is -2.33. The molecule has 2 aromatic rings. The molecule has 0 saturated carbocycles. The van der Waals surface area contributed by atoms with Crippen LogP contribution < -0.4 is 10.6 Å². The van der Waals surface area contributed by atoms with E-state index in [-0.39, 0.29) is 6.04 Å². The van der Waals surface area contributed by atoms with E-state index in [9.17, 15) is 5.26 Å². The van der Waals surface area contributed by atoms with Crippen LogP contribution in [-0.4, -0.2) is 19.1 Å². The standard InChI is InChI=1S/C16H17N3/c17-10-12-7-8-16(15-6-2-1-5-14(12)15)19-9-3-4-13(18)11-19/h1-2,5-8,13H,3-4,9,11,18H2/t13-/m1/s1. The molecule has 1 saturated heterocycles. The van der Waals surface area contributed by atoms with Crippen LogP contribution in [0.2, 0.25) is 0 Å². The summed E-state index contributed by atoms with van der Waals surface area (Å²) in [5.41, 5.74) is 8.00. The molecule has 3 rings (SSSR count). The van der Waals surface area contributed by atoms with E-state index >= 15 is 0 Å². The molecule has 1 heterocycles. The third-order valence-electron chi connectivity index (χ3n) is 3.82. The lowest BCUT2D eigenvalue weighted by atomic mass is 10.0. The van der Waals surface area contributed by atoms with E-state index in [0.29, 0.717) is 0 Å². The molecule has 19 heavy (non-hydrogen) atoms. The van der Waals surface area contributed by atoms with E-state index in [1.54, 1.807) is 0 Å². The Morgan fingerprint density at radius 1 is 1.16 bits per heavy atom. The number of nitrogens with zero attached hydrogens (tertiary/aromatic N) is 2. The van der Waals surface area contributed by atoms with Gasteiger partial charge in [-0.25, -0.2) is 0 Å². The summed E-state index contributed by atoms with van der Waals surface area (Å²) in [6, 6.07) is 14.6. The maximum atomic E-state index is 9.20. The van der Waals surface area contributed by atoms with Crippen molar-refractivity contribution in [3.8, 4) is 6.07 Å². The van der Waals surface area contributed by atoms with Gasteiger partial charge in [-0.2, -0.15) is 5.26 Å². The second-order valence-corrected chi connectivity index (χ2v) is 5.14. The molecule has 2 N–H and O–H groups in total. The molecule has 0 unspecified atom stereocenters. The molecule has 3 heteroatoms. The van der Waals surface area contributed by atoms with E-state index in [2.05, 4.69) is 23.1 Å². The molecule has 2 aromatic carbocycles. The van der Waals surface area contributed by atoms with E-state index in [1.807, 2.05) is 24.3 Å². The Labute approximate surface area is 113 Å². The largest absolute Gasteiger partial charge is 0.369 e. The number of benzene rings is 2. The van der Waals surface area contributed by atoms with Crippen LogP contribution in [-0.2, 0) is 0 Å². The van der Waals surface area contributed by atoms with Crippen molar-refractivity contribution in [2.45, 2.75) is 18.9 Å². The summed E-state index contributed by atoms with van der Waals surface area (Å²) in [6.07, 6.45) is 2.24. The first-order valence-corrected chi connectivity index (χ1v) is 6.72. The SMILES string of the molecule is N#Cc1ccc(N2CCC[C@@H](N)C2)c2ccccc12. The summed E-state index contributed by atoms with van der Waals surface area (Å²) >= 11 is 0. The van der Waals surface area contributed by atoms with Crippen LogP contribution in [0.4, 0.5) is 5.69 Å². The van der Waals surface area contributed by atoms with E-state index in [0.717, 1.165) is 42.3 Å². The summed E-state index contributed by atoms with van der Waals surface area (Å²) in [5, 5.41) is 11.4. The summed E-state index contributed by atoms with van der Waals surface area (Å²) in [4.78, 5) is 2.34. The third kappa shape index (κ3) is 2.16. The zero-order valence-electron chi connectivity index (χ0n) is 10.8. The van der Waals surface area contributed by atoms with Crippen molar-refractivity contribution in [2.24, 2.45) is 5.73 Å². The zero-order chi connectivity index (χ0) is 13.2. The Bertz CT molecular complexity index is 642. The molecule has 0 bridgehead atoms. The van der Waals surface area contributed by atoms with Crippen LogP contribution in [0.5, 0.6) is 0 Å². The molecule has 1 aliphatic rings. The average Bonchev–Trinajstić information content (AvgIpc) is 2.46. The van der Waals surface area contributed by atoms with E-state index < -0.39 is 0 Å². The van der Waals surface area contributed by atoms with Gasteiger partial charge in [0.05, 0.1) is 11.6 Å². The van der Waals surface area contributed by atoms with Crippen molar-refractivity contribution in [2.75, 3.05) is 18.0 Å². The van der Waals surface area contributed by atoms with Crippen molar-refractivity contribution in [3.05, 3.63) is 42.0 Å². The van der Waals surface area contributed by atoms with Gasteiger partial charge in [-0.1, -0.05) is 24.3 Å². The molecule has 0 amide bonds. The number of nitrogens with two attached hydrogens (primary N) is 1. The molecule has 1 aliphatic heterocycles. The number of hydrogen-bond acceptors (Lipinski definition) is 3. The topological polar surface area (TPSA) is 53.0 Å². The Kier molecular flexibility index (Phi) is 3.10. The molecular weight excluding hydrogens is 234 g/mol. The Morgan fingerprint density at radius 3 is 2.68 bits per heavy atom. The Hall–Kier alpha value is -2.05. The van der Waals surface area contributed by atoms with Gasteiger partial charge >= 0.3 is 0 Å². The molecule has 0 aliphatic carbocycles. The fourth-order valence-electron chi connectivity index (χ4n) is 2.89. The molecule has 3 nitrogen and oxygen atoms in total. The maximum absolute atomic E-state index is 9.20. The molecule has 0 radical (unpaired) electrons. The first kappa shape index (κ1) is 12.0. The number of anilines is 1. The minimum atomic E-state index is 0.253. The van der Waals surface area contributed by atoms with Gasteiger partial charge in [0.15, 0.2) is 0 Å². The lowest BCUT2D eigenvalue weighted by Crippen LogP contribution is -2.42. The Morgan fingerprint density at radius 2 is 1.95 bits per heavy atom. The highest BCUT2D eigenvalue weighted by Crippen LogP contribution is 2.30. The van der Waals surface area contributed by atoms with Crippen molar-refractivity contribution < 1.29 is 0 Å². The van der Waals surface area contributed by atoms with Crippen molar-refractivity contribution in [1.29, 1.82) is 5.26 Å². The molecule has 1 fully saturated rings. The van der Waals surface area contributed by atoms with Crippen molar-refractivity contribution in [3.63, 3.8) is 0 Å². The number of fused-ring (bicyclic) bond motifs is 1. The maximum Gasteiger partial charge on any atom is 0.0998 e. The summed E-state index contributed by atoms with van der Waals surface area (Å²) in [5.74, 6) is 0. The smallest absolute Gasteiger partial charge is 0.0998 e. The van der Waals surface area contributed by atoms with Crippen LogP contribution >= 0.6 is 0 Å². The fourth-order valence-corrected chi connectivity index (χ4v) is 2.89. The van der Waals surface area contributed by atoms with Crippen LogP contribution in [0, 0.1) is 11.3 Å². The Balaban J connectivity index is 2.12. The number of rotatable bonds is 1. The monoisotopic (exact) mass is 251 g/mol. The number of nitriles is 1. The van der Waals surface area contributed by atoms with Crippen LogP contribution in [0.15, 0.2) is 36.4 Å². The highest BCUT2D eigenvalue weighted by molar-refractivity contribution is 5.97. The van der Waals surface area contributed by atoms with Gasteiger partial charge < -0.3 is 10.6 Å². The predicted molar refractivity (Wildman–Crippen MR) is 78.1 cm³/mol. The van der Waals surface area contributed by atoms with Crippen molar-refractivity contribution in [1.82, 2.24) is 0 Å². The van der Waals surface area contributed by atoms with Gasteiger partial charge in [0.1, 0.15) is 0 Å². The first-order valence-electron chi connectivity index (χ1n) is 6.72. The molecular formula is C16H17N3. The summed E-state index contributed by atoms with van der Waals surface area (Å²) in [6.45, 7) is 1.94. The minimum absolute atomic E-state index is 0.253. The van der Waals surface area contributed by atoms with Crippen LogP contribution in [0.25, 0.3) is 10.8 Å². The van der Waals surface area contributed by atoms with Gasteiger partial charge in [-0.05, 0) is 25.0 Å². The highest BCUT2D eigenvalue weighted by atomic mass is 15.1. The predicted octanol–water partition coefficient (Wildman–Crippen LogP) is 2.64. The minimum Gasteiger partial charge on any atom is -0.369 e. The number of hydrogen-bond donors (Lipinski definition) is 1. The second kappa shape index (κ2) is 4.91. The van der Waals surface area contributed by atoms with Gasteiger partial charge in [0.25, 0.3) is 0 Å². The van der Waals surface area contributed by atoms with Crippen LogP contribution in [0.1, 0.15) is 18.4 Å². The van der Waals surface area contributed by atoms with Crippen LogP contribution in [0.3, 0.4) is 0 Å². The molecule has 0 spiro atoms. The van der Waals surface area contributed by atoms with Crippen molar-refractivity contribution >= 4 is 16.5 Å². The van der Waals surface area contributed by atoms with E-state index in [4.69, 9.17) is 5.73 Å². The normalized spacial score (nSPS) is 19.4. The highest BCUT2D eigenvalue weighted by Gasteiger charge is 2.19. The summed E-state index contributed by atoms with van der Waals surface area (Å²) in [7, 11) is 0. The zero-order valence-corrected chi connectivity index (χ0v) is 10.8. The third-order valence-corrected chi connectivity index (χ3v) is 3.82. The quantitative estimate of drug-likeness (QED) is 0.847. The first-order chi connectivity index (χ1) is 9.29. The van der Waals surface area contributed by atoms with Gasteiger partial charge in [-0.15, -0.1) is 0 Å². The second-order valence-electron chi connectivity index (χ2n) is 5.14. The van der Waals surface area contributed by atoms with Gasteiger partial charge in [0, 0.05) is 35.6 Å². The molecule has 0 aromatic heterocycles. The lowest BCUT2D eigenvalue weighted by molar-refractivity contribution is 0.507. The molecule has 1 atom stereocenters. The summed E-state index contributed by atoms with van der Waals surface area (Å²) < 4.78 is 0. The average molecular weight is 251 g/mol. The fraction of sp³-hybridized carbons (Fsp3) is 0.312. The van der Waals surface area contributed by atoms with Gasteiger partial charge in [0.2, 0.25) is 0 Å². The van der Waals surface area contributed by atoms with E-state index in [1.165, 1.54) is 5.69 Å². The molecule has 96 valence electrons. The van der Waals surface area contributed by atoms with Gasteiger partial charge in [-0.3, -0.25) is 0 Å². The number of piperidine rings is 1.